The van der Waals surface area contributed by atoms with Gasteiger partial charge in [0.25, 0.3) is 0 Å². The topological polar surface area (TPSA) is 50.8 Å². The summed E-state index contributed by atoms with van der Waals surface area (Å²) < 4.78 is 11.6. The number of nitrogens with zero attached hydrogens (tertiary/aromatic N) is 1. The van der Waals surface area contributed by atoms with Gasteiger partial charge in [-0.25, -0.2) is 0 Å². The van der Waals surface area contributed by atoms with E-state index >= 15 is 0 Å². The molecule has 1 saturated carbocycles. The first kappa shape index (κ1) is 20.7. The number of hydrogen-bond acceptors (Lipinski definition) is 4. The Hall–Kier alpha value is -0.650. The smallest absolute Gasteiger partial charge is 0.223 e. The fourth-order valence-electron chi connectivity index (χ4n) is 3.60. The van der Waals surface area contributed by atoms with Crippen LogP contribution in [0, 0.1) is 17.8 Å². The van der Waals surface area contributed by atoms with E-state index in [0.29, 0.717) is 37.1 Å². The summed E-state index contributed by atoms with van der Waals surface area (Å²) in [6.07, 6.45) is 4.56. The van der Waals surface area contributed by atoms with Crippen LogP contribution in [0.5, 0.6) is 0 Å². The monoisotopic (exact) mass is 354 g/mol. The third-order valence-corrected chi connectivity index (χ3v) is 5.38. The van der Waals surface area contributed by atoms with E-state index in [0.717, 1.165) is 52.0 Å². The lowest BCUT2D eigenvalue weighted by atomic mass is 9.82. The Morgan fingerprint density at radius 3 is 2.40 bits per heavy atom. The fourth-order valence-corrected chi connectivity index (χ4v) is 3.60. The van der Waals surface area contributed by atoms with E-state index in [1.54, 1.807) is 0 Å². The van der Waals surface area contributed by atoms with Gasteiger partial charge in [-0.3, -0.25) is 9.69 Å². The molecule has 1 aliphatic heterocycles. The molecule has 0 unspecified atom stereocenters. The second-order valence-corrected chi connectivity index (χ2v) is 8.48. The van der Waals surface area contributed by atoms with Crippen molar-refractivity contribution in [2.24, 2.45) is 17.8 Å². The Morgan fingerprint density at radius 1 is 1.12 bits per heavy atom. The summed E-state index contributed by atoms with van der Waals surface area (Å²) in [4.78, 5) is 14.7. The zero-order valence-corrected chi connectivity index (χ0v) is 16.6. The Balaban J connectivity index is 1.48. The molecule has 146 valence electrons. The summed E-state index contributed by atoms with van der Waals surface area (Å²) in [6, 6.07) is 0.602. The molecule has 2 fully saturated rings. The van der Waals surface area contributed by atoms with Gasteiger partial charge < -0.3 is 14.8 Å². The number of rotatable bonds is 10. The second kappa shape index (κ2) is 10.5. The van der Waals surface area contributed by atoms with Gasteiger partial charge in [0.1, 0.15) is 0 Å². The maximum atomic E-state index is 12.3. The molecule has 1 aliphatic carbocycles. The standard InChI is InChI=1S/C20H38N2O3/c1-15(2)13-24-14-17-5-7-18(8-6-17)20(23)21-9-10-25-19-11-22(12-19)16(3)4/h15-19H,5-14H2,1-4H3,(H,21,23). The fraction of sp³-hybridized carbons (Fsp3) is 0.950. The van der Waals surface area contributed by atoms with E-state index in [1.165, 1.54) is 0 Å². The predicted molar refractivity (Wildman–Crippen MR) is 101 cm³/mol. The highest BCUT2D eigenvalue weighted by molar-refractivity contribution is 5.78. The molecule has 0 bridgehead atoms. The number of ether oxygens (including phenoxy) is 2. The summed E-state index contributed by atoms with van der Waals surface area (Å²) in [5.41, 5.74) is 0. The molecule has 0 spiro atoms. The van der Waals surface area contributed by atoms with Crippen LogP contribution in [0.1, 0.15) is 53.4 Å². The molecule has 0 aromatic rings. The lowest BCUT2D eigenvalue weighted by molar-refractivity contribution is -0.127. The molecule has 2 aliphatic rings. The van der Waals surface area contributed by atoms with Gasteiger partial charge in [0.05, 0.1) is 12.7 Å². The first-order chi connectivity index (χ1) is 12.0. The Kier molecular flexibility index (Phi) is 8.67. The second-order valence-electron chi connectivity index (χ2n) is 8.48. The largest absolute Gasteiger partial charge is 0.381 e. The number of carbonyl (C=O) groups excluding carboxylic acids is 1. The normalized spacial score (nSPS) is 25.4. The average Bonchev–Trinajstić information content (AvgIpc) is 2.52. The third kappa shape index (κ3) is 7.24. The van der Waals surface area contributed by atoms with Crippen molar-refractivity contribution in [1.29, 1.82) is 0 Å². The molecule has 0 aromatic carbocycles. The molecule has 5 heteroatoms. The van der Waals surface area contributed by atoms with Gasteiger partial charge in [0.2, 0.25) is 5.91 Å². The van der Waals surface area contributed by atoms with Crippen molar-refractivity contribution in [1.82, 2.24) is 10.2 Å². The van der Waals surface area contributed by atoms with Gasteiger partial charge in [0, 0.05) is 44.8 Å². The number of nitrogens with one attached hydrogen (secondary N) is 1. The number of hydrogen-bond donors (Lipinski definition) is 1. The molecule has 0 atom stereocenters. The molecule has 0 aromatic heterocycles. The molecule has 1 N–H and O–H groups in total. The van der Waals surface area contributed by atoms with Gasteiger partial charge >= 0.3 is 0 Å². The van der Waals surface area contributed by atoms with Crippen molar-refractivity contribution in [3.05, 3.63) is 0 Å². The van der Waals surface area contributed by atoms with Gasteiger partial charge in [-0.15, -0.1) is 0 Å². The first-order valence-corrected chi connectivity index (χ1v) is 10.2. The highest BCUT2D eigenvalue weighted by Gasteiger charge is 2.29. The van der Waals surface area contributed by atoms with E-state index in [9.17, 15) is 4.79 Å². The molecule has 2 rings (SSSR count). The molecule has 0 radical (unpaired) electrons. The van der Waals surface area contributed by atoms with Gasteiger partial charge in [0.15, 0.2) is 0 Å². The molecule has 1 amide bonds. The van der Waals surface area contributed by atoms with Crippen LogP contribution >= 0.6 is 0 Å². The minimum Gasteiger partial charge on any atom is -0.381 e. The number of carbonyl (C=O) groups is 1. The van der Waals surface area contributed by atoms with Crippen molar-refractivity contribution in [2.45, 2.75) is 65.5 Å². The van der Waals surface area contributed by atoms with E-state index in [2.05, 4.69) is 37.9 Å². The van der Waals surface area contributed by atoms with Gasteiger partial charge in [-0.05, 0) is 51.4 Å². The van der Waals surface area contributed by atoms with Crippen LogP contribution < -0.4 is 5.32 Å². The summed E-state index contributed by atoms with van der Waals surface area (Å²) in [6.45, 7) is 13.8. The molecule has 1 saturated heterocycles. The Bertz CT molecular complexity index is 386. The highest BCUT2D eigenvalue weighted by Crippen LogP contribution is 2.29. The van der Waals surface area contributed by atoms with Crippen LogP contribution in [0.4, 0.5) is 0 Å². The van der Waals surface area contributed by atoms with Crippen molar-refractivity contribution in [2.75, 3.05) is 39.5 Å². The number of amides is 1. The predicted octanol–water partition coefficient (Wildman–Crippen LogP) is 2.69. The van der Waals surface area contributed by atoms with E-state index in [4.69, 9.17) is 9.47 Å². The lowest BCUT2D eigenvalue weighted by Gasteiger charge is -2.41. The van der Waals surface area contributed by atoms with Crippen LogP contribution in [-0.4, -0.2) is 62.4 Å². The molecule has 1 heterocycles. The van der Waals surface area contributed by atoms with Crippen LogP contribution in [0.25, 0.3) is 0 Å². The first-order valence-electron chi connectivity index (χ1n) is 10.2. The summed E-state index contributed by atoms with van der Waals surface area (Å²) in [7, 11) is 0. The minimum absolute atomic E-state index is 0.182. The average molecular weight is 355 g/mol. The van der Waals surface area contributed by atoms with Crippen molar-refractivity contribution in [3.63, 3.8) is 0 Å². The van der Waals surface area contributed by atoms with E-state index < -0.39 is 0 Å². The Morgan fingerprint density at radius 2 is 1.80 bits per heavy atom. The van der Waals surface area contributed by atoms with Gasteiger partial charge in [-0.1, -0.05) is 13.8 Å². The van der Waals surface area contributed by atoms with Gasteiger partial charge in [-0.2, -0.15) is 0 Å². The minimum atomic E-state index is 0.182. The molecular weight excluding hydrogens is 316 g/mol. The third-order valence-electron chi connectivity index (χ3n) is 5.38. The van der Waals surface area contributed by atoms with E-state index in [1.807, 2.05) is 0 Å². The van der Waals surface area contributed by atoms with Crippen LogP contribution in [0.15, 0.2) is 0 Å². The van der Waals surface area contributed by atoms with Crippen LogP contribution in [0.3, 0.4) is 0 Å². The summed E-state index contributed by atoms with van der Waals surface area (Å²) in [5, 5.41) is 3.05. The zero-order valence-electron chi connectivity index (χ0n) is 16.6. The zero-order chi connectivity index (χ0) is 18.2. The maximum Gasteiger partial charge on any atom is 0.223 e. The lowest BCUT2D eigenvalue weighted by Crippen LogP contribution is -2.55. The quantitative estimate of drug-likeness (QED) is 0.613. The molecule has 5 nitrogen and oxygen atoms in total. The van der Waals surface area contributed by atoms with Crippen LogP contribution in [0.2, 0.25) is 0 Å². The van der Waals surface area contributed by atoms with E-state index in [-0.39, 0.29) is 11.8 Å². The SMILES string of the molecule is CC(C)COCC1CCC(C(=O)NCCOC2CN(C(C)C)C2)CC1. The molecular formula is C20H38N2O3. The van der Waals surface area contributed by atoms with Crippen molar-refractivity contribution >= 4 is 5.91 Å². The maximum absolute atomic E-state index is 12.3. The molecule has 25 heavy (non-hydrogen) atoms. The van der Waals surface area contributed by atoms with Crippen molar-refractivity contribution < 1.29 is 14.3 Å². The summed E-state index contributed by atoms with van der Waals surface area (Å²) in [5.74, 6) is 1.62. The highest BCUT2D eigenvalue weighted by atomic mass is 16.5. The number of likely N-dealkylation sites (tertiary alicyclic amines) is 1. The Labute approximate surface area is 153 Å². The van der Waals surface area contributed by atoms with Crippen molar-refractivity contribution in [3.8, 4) is 0 Å². The summed E-state index contributed by atoms with van der Waals surface area (Å²) >= 11 is 0. The van der Waals surface area contributed by atoms with Crippen LogP contribution in [-0.2, 0) is 14.3 Å².